The van der Waals surface area contributed by atoms with Crippen molar-refractivity contribution in [3.63, 3.8) is 0 Å². The quantitative estimate of drug-likeness (QED) is 0.668. The Labute approximate surface area is 163 Å². The highest BCUT2D eigenvalue weighted by Crippen LogP contribution is 2.31. The van der Waals surface area contributed by atoms with Gasteiger partial charge in [-0.3, -0.25) is 14.6 Å². The smallest absolute Gasteiger partial charge is 0.230 e. The van der Waals surface area contributed by atoms with E-state index in [2.05, 4.69) is 40.1 Å². The minimum atomic E-state index is -0.0241. The molecule has 6 heteroatoms. The van der Waals surface area contributed by atoms with Crippen LogP contribution in [-0.4, -0.2) is 26.9 Å². The molecule has 5 nitrogen and oxygen atoms in total. The molecule has 1 aromatic carbocycles. The molecule has 0 saturated heterocycles. The molecule has 0 bridgehead atoms. The Morgan fingerprint density at radius 2 is 2.04 bits per heavy atom. The number of amides is 1. The van der Waals surface area contributed by atoms with Crippen molar-refractivity contribution in [3.05, 3.63) is 64.9 Å². The maximum Gasteiger partial charge on any atom is 0.230 e. The molecule has 1 unspecified atom stereocenters. The summed E-state index contributed by atoms with van der Waals surface area (Å²) in [6.07, 6.45) is 2.15. The number of thiazole rings is 1. The molecule has 2 aromatic heterocycles. The second-order valence-electron chi connectivity index (χ2n) is 7.08. The van der Waals surface area contributed by atoms with Gasteiger partial charge in [0.15, 0.2) is 5.13 Å². The van der Waals surface area contributed by atoms with Gasteiger partial charge in [0.1, 0.15) is 0 Å². The standard InChI is InChI=1S/C21H24N4OS/c1-15-6-8-19(9-7-15)25(17(3)26)21-22-18(14-27-21)13-24-12-11-23-10-4-5-20(23)16(24)2/h4-10,14,16H,11-13H2,1-3H3. The van der Waals surface area contributed by atoms with Crippen LogP contribution in [-0.2, 0) is 17.9 Å². The van der Waals surface area contributed by atoms with Gasteiger partial charge in [0, 0.05) is 49.9 Å². The molecule has 0 aliphatic carbocycles. The molecule has 1 aliphatic rings. The molecule has 1 amide bonds. The van der Waals surface area contributed by atoms with Crippen LogP contribution in [0.2, 0.25) is 0 Å². The molecular formula is C21H24N4OS. The van der Waals surface area contributed by atoms with Crippen LogP contribution in [0.3, 0.4) is 0 Å². The number of nitrogens with zero attached hydrogens (tertiary/aromatic N) is 4. The minimum Gasteiger partial charge on any atom is -0.349 e. The first-order valence-electron chi connectivity index (χ1n) is 9.24. The molecule has 3 heterocycles. The molecule has 4 rings (SSSR count). The summed E-state index contributed by atoms with van der Waals surface area (Å²) in [5, 5.41) is 2.80. The molecule has 140 valence electrons. The van der Waals surface area contributed by atoms with Crippen molar-refractivity contribution in [1.82, 2.24) is 14.5 Å². The van der Waals surface area contributed by atoms with E-state index in [0.717, 1.165) is 36.1 Å². The van der Waals surface area contributed by atoms with Crippen molar-refractivity contribution in [1.29, 1.82) is 0 Å². The molecule has 0 N–H and O–H groups in total. The highest BCUT2D eigenvalue weighted by atomic mass is 32.1. The van der Waals surface area contributed by atoms with Gasteiger partial charge in [-0.2, -0.15) is 0 Å². The van der Waals surface area contributed by atoms with Crippen LogP contribution in [0.1, 0.15) is 36.8 Å². The number of benzene rings is 1. The van der Waals surface area contributed by atoms with Crippen LogP contribution in [0.4, 0.5) is 10.8 Å². The Morgan fingerprint density at radius 3 is 2.78 bits per heavy atom. The molecule has 0 spiro atoms. The third-order valence-corrected chi connectivity index (χ3v) is 6.05. The molecule has 3 aromatic rings. The molecule has 1 aliphatic heterocycles. The lowest BCUT2D eigenvalue weighted by molar-refractivity contribution is -0.115. The van der Waals surface area contributed by atoms with Crippen LogP contribution >= 0.6 is 11.3 Å². The van der Waals surface area contributed by atoms with Crippen LogP contribution in [0.5, 0.6) is 0 Å². The molecule has 27 heavy (non-hydrogen) atoms. The Balaban J connectivity index is 1.54. The minimum absolute atomic E-state index is 0.0241. The van der Waals surface area contributed by atoms with E-state index < -0.39 is 0 Å². The largest absolute Gasteiger partial charge is 0.349 e. The van der Waals surface area contributed by atoms with Gasteiger partial charge in [0.25, 0.3) is 0 Å². The normalized spacial score (nSPS) is 16.9. The van der Waals surface area contributed by atoms with Gasteiger partial charge >= 0.3 is 0 Å². The molecule has 0 saturated carbocycles. The van der Waals surface area contributed by atoms with Gasteiger partial charge in [-0.05, 0) is 38.1 Å². The van der Waals surface area contributed by atoms with E-state index in [1.54, 1.807) is 11.8 Å². The predicted molar refractivity (Wildman–Crippen MR) is 109 cm³/mol. The van der Waals surface area contributed by atoms with Crippen LogP contribution in [0.15, 0.2) is 48.0 Å². The van der Waals surface area contributed by atoms with Crippen molar-refractivity contribution >= 4 is 28.1 Å². The summed E-state index contributed by atoms with van der Waals surface area (Å²) < 4.78 is 2.32. The third-order valence-electron chi connectivity index (χ3n) is 5.17. The zero-order chi connectivity index (χ0) is 19.0. The summed E-state index contributed by atoms with van der Waals surface area (Å²) in [5.74, 6) is -0.0241. The lowest BCUT2D eigenvalue weighted by Crippen LogP contribution is -2.36. The fourth-order valence-corrected chi connectivity index (χ4v) is 4.52. The van der Waals surface area contributed by atoms with Crippen LogP contribution in [0, 0.1) is 6.92 Å². The van der Waals surface area contributed by atoms with E-state index in [1.807, 2.05) is 31.2 Å². The van der Waals surface area contributed by atoms with E-state index in [-0.39, 0.29) is 5.91 Å². The highest BCUT2D eigenvalue weighted by Gasteiger charge is 2.25. The van der Waals surface area contributed by atoms with E-state index in [0.29, 0.717) is 6.04 Å². The fraction of sp³-hybridized carbons (Fsp3) is 0.333. The Morgan fingerprint density at radius 1 is 1.26 bits per heavy atom. The lowest BCUT2D eigenvalue weighted by Gasteiger charge is -2.34. The summed E-state index contributed by atoms with van der Waals surface area (Å²) in [6.45, 7) is 8.67. The predicted octanol–water partition coefficient (Wildman–Crippen LogP) is 4.51. The molecule has 0 fully saturated rings. The number of aryl methyl sites for hydroxylation is 1. The van der Waals surface area contributed by atoms with Crippen LogP contribution in [0.25, 0.3) is 0 Å². The van der Waals surface area contributed by atoms with Crippen molar-refractivity contribution in [2.45, 2.75) is 39.9 Å². The maximum absolute atomic E-state index is 12.3. The summed E-state index contributed by atoms with van der Waals surface area (Å²) in [5.41, 5.74) is 4.39. The topological polar surface area (TPSA) is 41.4 Å². The number of anilines is 2. The first-order valence-corrected chi connectivity index (χ1v) is 10.1. The van der Waals surface area contributed by atoms with Gasteiger partial charge < -0.3 is 4.57 Å². The number of carbonyl (C=O) groups is 1. The number of carbonyl (C=O) groups excluding carboxylic acids is 1. The molecular weight excluding hydrogens is 356 g/mol. The van der Waals surface area contributed by atoms with Gasteiger partial charge in [0.2, 0.25) is 5.91 Å². The number of aromatic nitrogens is 2. The summed E-state index contributed by atoms with van der Waals surface area (Å²) in [6, 6.07) is 12.6. The summed E-state index contributed by atoms with van der Waals surface area (Å²) in [4.78, 5) is 21.2. The second-order valence-corrected chi connectivity index (χ2v) is 7.92. The first kappa shape index (κ1) is 17.9. The third kappa shape index (κ3) is 3.55. The van der Waals surface area contributed by atoms with Crippen molar-refractivity contribution in [2.75, 3.05) is 11.4 Å². The maximum atomic E-state index is 12.3. The highest BCUT2D eigenvalue weighted by molar-refractivity contribution is 7.14. The van der Waals surface area contributed by atoms with E-state index in [9.17, 15) is 4.79 Å². The van der Waals surface area contributed by atoms with E-state index in [4.69, 9.17) is 4.98 Å². The van der Waals surface area contributed by atoms with Gasteiger partial charge in [0.05, 0.1) is 11.4 Å². The Kier molecular flexibility index (Phi) is 4.85. The summed E-state index contributed by atoms with van der Waals surface area (Å²) >= 11 is 1.52. The van der Waals surface area contributed by atoms with Crippen molar-refractivity contribution in [2.24, 2.45) is 0 Å². The van der Waals surface area contributed by atoms with Gasteiger partial charge in [-0.15, -0.1) is 11.3 Å². The van der Waals surface area contributed by atoms with Gasteiger partial charge in [-0.1, -0.05) is 17.7 Å². The number of fused-ring (bicyclic) bond motifs is 1. The molecule has 0 radical (unpaired) electrons. The van der Waals surface area contributed by atoms with Gasteiger partial charge in [-0.25, -0.2) is 4.98 Å². The molecule has 1 atom stereocenters. The number of hydrogen-bond acceptors (Lipinski definition) is 4. The number of rotatable bonds is 4. The van der Waals surface area contributed by atoms with Crippen LogP contribution < -0.4 is 4.90 Å². The Bertz CT molecular complexity index is 943. The van der Waals surface area contributed by atoms with Crippen molar-refractivity contribution in [3.8, 4) is 0 Å². The fourth-order valence-electron chi connectivity index (χ4n) is 3.64. The Hall–Kier alpha value is -2.44. The zero-order valence-electron chi connectivity index (χ0n) is 15.9. The first-order chi connectivity index (χ1) is 13.0. The summed E-state index contributed by atoms with van der Waals surface area (Å²) in [7, 11) is 0. The number of hydrogen-bond donors (Lipinski definition) is 0. The SMILES string of the molecule is CC(=O)N(c1ccc(C)cc1)c1nc(CN2CCn3cccc3C2C)cs1. The zero-order valence-corrected chi connectivity index (χ0v) is 16.7. The van der Waals surface area contributed by atoms with E-state index in [1.165, 1.54) is 22.6 Å². The average molecular weight is 381 g/mol. The van der Waals surface area contributed by atoms with E-state index >= 15 is 0 Å². The second kappa shape index (κ2) is 7.29. The average Bonchev–Trinajstić information content (AvgIpc) is 3.29. The monoisotopic (exact) mass is 380 g/mol. The lowest BCUT2D eigenvalue weighted by atomic mass is 10.1. The van der Waals surface area contributed by atoms with Crippen molar-refractivity contribution < 1.29 is 4.79 Å².